The van der Waals surface area contributed by atoms with Crippen molar-refractivity contribution in [3.05, 3.63) is 23.8 Å². The molecule has 146 valence electrons. The molecule has 1 aromatic rings. The van der Waals surface area contributed by atoms with E-state index in [4.69, 9.17) is 0 Å². The van der Waals surface area contributed by atoms with Crippen LogP contribution in [0.2, 0.25) is 0 Å². The first-order chi connectivity index (χ1) is 10.8. The van der Waals surface area contributed by atoms with Crippen molar-refractivity contribution in [2.24, 2.45) is 5.92 Å². The van der Waals surface area contributed by atoms with Gasteiger partial charge in [0.05, 0.1) is 0 Å². The summed E-state index contributed by atoms with van der Waals surface area (Å²) in [5, 5.41) is 13.4. The van der Waals surface area contributed by atoms with E-state index in [-0.39, 0.29) is 42.4 Å². The Kier molecular flexibility index (Phi) is 9.94. The van der Waals surface area contributed by atoms with Crippen molar-refractivity contribution in [2.75, 3.05) is 26.2 Å². The second-order valence-electron chi connectivity index (χ2n) is 6.20. The van der Waals surface area contributed by atoms with Gasteiger partial charge in [0.1, 0.15) is 11.5 Å². The van der Waals surface area contributed by atoms with Crippen LogP contribution in [0.15, 0.2) is 18.2 Å². The summed E-state index contributed by atoms with van der Waals surface area (Å²) in [7, 11) is 0. The molecule has 0 unspecified atom stereocenters. The summed E-state index contributed by atoms with van der Waals surface area (Å²) >= 11 is 0. The first-order valence-electron chi connectivity index (χ1n) is 7.79. The maximum absolute atomic E-state index is 12.4. The molecule has 0 saturated carbocycles. The number of nitrogens with zero attached hydrogens (tertiary/aromatic N) is 1. The van der Waals surface area contributed by atoms with E-state index < -0.39 is 6.36 Å². The van der Waals surface area contributed by atoms with Crippen molar-refractivity contribution < 1.29 is 23.0 Å². The van der Waals surface area contributed by atoms with Crippen LogP contribution in [-0.2, 0) is 0 Å². The lowest BCUT2D eigenvalue weighted by Gasteiger charge is -2.36. The van der Waals surface area contributed by atoms with Crippen LogP contribution in [0.5, 0.6) is 11.5 Å². The molecule has 2 rings (SSSR count). The number of aromatic hydroxyl groups is 1. The largest absolute Gasteiger partial charge is 0.573 e. The Balaban J connectivity index is 0.00000288. The van der Waals surface area contributed by atoms with Gasteiger partial charge in [-0.15, -0.1) is 38.0 Å². The third-order valence-electron chi connectivity index (χ3n) is 3.88. The Bertz CT molecular complexity index is 525. The van der Waals surface area contributed by atoms with E-state index in [2.05, 4.69) is 28.8 Å². The smallest absolute Gasteiger partial charge is 0.508 e. The highest BCUT2D eigenvalue weighted by Crippen LogP contribution is 2.37. The summed E-state index contributed by atoms with van der Waals surface area (Å²) in [6, 6.07) is 3.58. The molecule has 0 amide bonds. The highest BCUT2D eigenvalue weighted by Gasteiger charge is 2.32. The van der Waals surface area contributed by atoms with Crippen molar-refractivity contribution >= 4 is 24.8 Å². The average molecular weight is 405 g/mol. The van der Waals surface area contributed by atoms with Gasteiger partial charge in [0.15, 0.2) is 0 Å². The number of hydrogen-bond acceptors (Lipinski definition) is 4. The molecular weight excluding hydrogens is 380 g/mol. The predicted octanol–water partition coefficient (Wildman–Crippen LogP) is 4.13. The third-order valence-corrected chi connectivity index (χ3v) is 3.88. The number of ether oxygens (including phenoxy) is 1. The molecule has 9 heteroatoms. The van der Waals surface area contributed by atoms with Crippen LogP contribution in [0.25, 0.3) is 0 Å². The van der Waals surface area contributed by atoms with Crippen LogP contribution < -0.4 is 10.1 Å². The second kappa shape index (κ2) is 10.3. The summed E-state index contributed by atoms with van der Waals surface area (Å²) in [6.45, 7) is 7.36. The van der Waals surface area contributed by atoms with Crippen molar-refractivity contribution in [3.63, 3.8) is 0 Å². The van der Waals surface area contributed by atoms with E-state index in [1.165, 1.54) is 12.1 Å². The zero-order chi connectivity index (χ0) is 17.0. The quantitative estimate of drug-likeness (QED) is 0.774. The van der Waals surface area contributed by atoms with E-state index in [1.54, 1.807) is 0 Å². The van der Waals surface area contributed by atoms with Crippen molar-refractivity contribution in [3.8, 4) is 11.5 Å². The molecule has 0 aromatic heterocycles. The first kappa shape index (κ1) is 24.1. The Morgan fingerprint density at radius 1 is 1.20 bits per heavy atom. The van der Waals surface area contributed by atoms with E-state index in [9.17, 15) is 18.3 Å². The lowest BCUT2D eigenvalue weighted by molar-refractivity contribution is -0.274. The van der Waals surface area contributed by atoms with Crippen LogP contribution >= 0.6 is 24.8 Å². The van der Waals surface area contributed by atoms with E-state index in [0.717, 1.165) is 38.7 Å². The molecule has 1 saturated heterocycles. The van der Waals surface area contributed by atoms with Crippen LogP contribution in [0.1, 0.15) is 31.9 Å². The van der Waals surface area contributed by atoms with Gasteiger partial charge in [-0.3, -0.25) is 4.90 Å². The minimum Gasteiger partial charge on any atom is -0.508 e. The summed E-state index contributed by atoms with van der Waals surface area (Å²) in [4.78, 5) is 2.20. The van der Waals surface area contributed by atoms with Crippen molar-refractivity contribution in [2.45, 2.75) is 32.7 Å². The zero-order valence-electron chi connectivity index (χ0n) is 14.2. The van der Waals surface area contributed by atoms with Crippen LogP contribution in [0.4, 0.5) is 13.2 Å². The van der Waals surface area contributed by atoms with Gasteiger partial charge in [-0.05, 0) is 30.5 Å². The number of halogens is 5. The van der Waals surface area contributed by atoms with E-state index in [1.807, 2.05) is 0 Å². The maximum atomic E-state index is 12.4. The van der Waals surface area contributed by atoms with Gasteiger partial charge in [0.2, 0.25) is 0 Å². The molecule has 1 aromatic carbocycles. The Morgan fingerprint density at radius 3 is 2.32 bits per heavy atom. The summed E-state index contributed by atoms with van der Waals surface area (Å²) in [6.07, 6.45) is -3.99. The molecule has 4 nitrogen and oxygen atoms in total. The van der Waals surface area contributed by atoms with Gasteiger partial charge < -0.3 is 15.2 Å². The average Bonchev–Trinajstić information content (AvgIpc) is 2.46. The predicted molar refractivity (Wildman–Crippen MR) is 95.9 cm³/mol. The van der Waals surface area contributed by atoms with Gasteiger partial charge in [0.25, 0.3) is 0 Å². The van der Waals surface area contributed by atoms with Gasteiger partial charge in [0, 0.05) is 37.8 Å². The standard InChI is InChI=1S/C16H23F3N2O2.2ClH/c1-11(2)9-14(21-7-5-20-6-8-21)13-10-12(3-4-15(13)22)23-16(17,18)19;;/h3-4,10-11,14,20,22H,5-9H2,1-2H3;2*1H/t14-;;/m1../s1. The van der Waals surface area contributed by atoms with Gasteiger partial charge >= 0.3 is 6.36 Å². The van der Waals surface area contributed by atoms with E-state index >= 15 is 0 Å². The number of nitrogens with one attached hydrogen (secondary N) is 1. The van der Waals surface area contributed by atoms with Gasteiger partial charge in [-0.25, -0.2) is 0 Å². The Labute approximate surface area is 158 Å². The number of phenolic OH excluding ortho intramolecular Hbond substituents is 1. The number of benzene rings is 1. The Hall–Kier alpha value is -0.890. The normalized spacial score (nSPS) is 16.7. The molecule has 0 radical (unpaired) electrons. The molecule has 2 N–H and O–H groups in total. The van der Waals surface area contributed by atoms with Crippen LogP contribution in [0.3, 0.4) is 0 Å². The van der Waals surface area contributed by atoms with Gasteiger partial charge in [-0.1, -0.05) is 13.8 Å². The summed E-state index contributed by atoms with van der Waals surface area (Å²) in [5.74, 6) is 0.0550. The highest BCUT2D eigenvalue weighted by atomic mass is 35.5. The molecule has 0 bridgehead atoms. The minimum atomic E-state index is -4.74. The first-order valence-corrected chi connectivity index (χ1v) is 7.79. The SMILES string of the molecule is CC(C)C[C@H](c1cc(OC(F)(F)F)ccc1O)N1CCNCC1.Cl.Cl. The fraction of sp³-hybridized carbons (Fsp3) is 0.625. The van der Waals surface area contributed by atoms with Crippen molar-refractivity contribution in [1.29, 1.82) is 0 Å². The summed E-state index contributed by atoms with van der Waals surface area (Å²) in [5.41, 5.74) is 0.488. The third kappa shape index (κ3) is 7.48. The molecule has 1 aliphatic heterocycles. The topological polar surface area (TPSA) is 44.7 Å². The summed E-state index contributed by atoms with van der Waals surface area (Å²) < 4.78 is 41.3. The molecule has 1 aliphatic rings. The maximum Gasteiger partial charge on any atom is 0.573 e. The minimum absolute atomic E-state index is 0. The number of phenols is 1. The molecule has 0 spiro atoms. The lowest BCUT2D eigenvalue weighted by atomic mass is 9.94. The lowest BCUT2D eigenvalue weighted by Crippen LogP contribution is -2.45. The molecule has 1 fully saturated rings. The highest BCUT2D eigenvalue weighted by molar-refractivity contribution is 5.85. The van der Waals surface area contributed by atoms with Crippen molar-refractivity contribution in [1.82, 2.24) is 10.2 Å². The number of hydrogen-bond donors (Lipinski definition) is 2. The fourth-order valence-corrected chi connectivity index (χ4v) is 2.91. The monoisotopic (exact) mass is 404 g/mol. The van der Waals surface area contributed by atoms with Crippen LogP contribution in [-0.4, -0.2) is 42.5 Å². The Morgan fingerprint density at radius 2 is 1.80 bits per heavy atom. The second-order valence-corrected chi connectivity index (χ2v) is 6.20. The zero-order valence-corrected chi connectivity index (χ0v) is 15.8. The van der Waals surface area contributed by atoms with E-state index in [0.29, 0.717) is 11.5 Å². The number of piperazine rings is 1. The molecular formula is C16H25Cl2F3N2O2. The number of alkyl halides is 3. The number of rotatable bonds is 5. The molecule has 1 atom stereocenters. The molecule has 0 aliphatic carbocycles. The van der Waals surface area contributed by atoms with Gasteiger partial charge in [-0.2, -0.15) is 0 Å². The fourth-order valence-electron chi connectivity index (χ4n) is 2.91. The molecule has 25 heavy (non-hydrogen) atoms. The molecule has 1 heterocycles. The van der Waals surface area contributed by atoms with Crippen LogP contribution in [0, 0.1) is 5.92 Å².